The molecule has 0 spiro atoms. The van der Waals surface area contributed by atoms with Crippen molar-refractivity contribution in [3.8, 4) is 11.1 Å². The molecule has 0 atom stereocenters. The second-order valence-corrected chi connectivity index (χ2v) is 6.46. The smallest absolute Gasteiger partial charge is 0.0710 e. The SMILES string of the molecule is C=C/C(=C\C=C/C)C1(/C(C=C)=C/CC)c2ccccc2-c2ccccc21.CC.CC.CC.CC. The fourth-order valence-corrected chi connectivity index (χ4v) is 4.18. The van der Waals surface area contributed by atoms with Crippen molar-refractivity contribution < 1.29 is 0 Å². The van der Waals surface area contributed by atoms with E-state index in [1.807, 2.05) is 74.5 Å². The molecule has 3 rings (SSSR count). The predicted molar refractivity (Wildman–Crippen MR) is 160 cm³/mol. The number of allylic oxidation sites excluding steroid dienone is 8. The Kier molecular flexibility index (Phi) is 19.2. The van der Waals surface area contributed by atoms with Gasteiger partial charge in [-0.25, -0.2) is 0 Å². The lowest BCUT2D eigenvalue weighted by molar-refractivity contribution is 0.761. The van der Waals surface area contributed by atoms with E-state index in [-0.39, 0.29) is 5.41 Å². The summed E-state index contributed by atoms with van der Waals surface area (Å²) in [6, 6.07) is 17.4. The van der Waals surface area contributed by atoms with E-state index < -0.39 is 0 Å². The summed E-state index contributed by atoms with van der Waals surface area (Å²) >= 11 is 0. The van der Waals surface area contributed by atoms with Crippen LogP contribution in [-0.2, 0) is 5.41 Å². The van der Waals surface area contributed by atoms with Crippen LogP contribution in [0.2, 0.25) is 0 Å². The van der Waals surface area contributed by atoms with E-state index in [9.17, 15) is 0 Å². The Balaban J connectivity index is 0. The highest BCUT2D eigenvalue weighted by molar-refractivity contribution is 5.87. The third kappa shape index (κ3) is 6.83. The van der Waals surface area contributed by atoms with Gasteiger partial charge >= 0.3 is 0 Å². The van der Waals surface area contributed by atoms with Gasteiger partial charge in [-0.05, 0) is 46.7 Å². The molecule has 34 heavy (non-hydrogen) atoms. The van der Waals surface area contributed by atoms with Crippen LogP contribution in [0, 0.1) is 0 Å². The van der Waals surface area contributed by atoms with Gasteiger partial charge in [0, 0.05) is 0 Å². The van der Waals surface area contributed by atoms with Crippen LogP contribution >= 0.6 is 0 Å². The maximum Gasteiger partial charge on any atom is 0.0710 e. The Morgan fingerprint density at radius 2 is 1.12 bits per heavy atom. The molecule has 2 aromatic carbocycles. The normalized spacial score (nSPS) is 12.6. The zero-order chi connectivity index (χ0) is 26.6. The average Bonchev–Trinajstić information content (AvgIpc) is 3.23. The maximum atomic E-state index is 4.16. The van der Waals surface area contributed by atoms with Gasteiger partial charge in [0.2, 0.25) is 0 Å². The van der Waals surface area contributed by atoms with Crippen LogP contribution in [0.15, 0.2) is 109 Å². The molecule has 186 valence electrons. The van der Waals surface area contributed by atoms with E-state index in [1.165, 1.54) is 33.4 Å². The summed E-state index contributed by atoms with van der Waals surface area (Å²) in [5.41, 5.74) is 7.21. The van der Waals surface area contributed by atoms with Gasteiger partial charge in [-0.15, -0.1) is 0 Å². The maximum absolute atomic E-state index is 4.16. The summed E-state index contributed by atoms with van der Waals surface area (Å²) in [6.45, 7) is 28.5. The third-order valence-corrected chi connectivity index (χ3v) is 5.15. The summed E-state index contributed by atoms with van der Waals surface area (Å²) in [5.74, 6) is 0. The molecule has 0 bridgehead atoms. The minimum Gasteiger partial charge on any atom is -0.0987 e. The zero-order valence-corrected chi connectivity index (χ0v) is 23.7. The summed E-state index contributed by atoms with van der Waals surface area (Å²) in [5, 5.41) is 0. The van der Waals surface area contributed by atoms with Crippen molar-refractivity contribution in [2.45, 2.75) is 81.1 Å². The molecule has 0 aromatic heterocycles. The van der Waals surface area contributed by atoms with Gasteiger partial charge in [-0.2, -0.15) is 0 Å². The number of benzene rings is 2. The predicted octanol–water partition coefficient (Wildman–Crippen LogP) is 11.3. The lowest BCUT2D eigenvalue weighted by Crippen LogP contribution is -2.29. The first-order chi connectivity index (χ1) is 16.7. The summed E-state index contributed by atoms with van der Waals surface area (Å²) in [4.78, 5) is 0. The van der Waals surface area contributed by atoms with Crippen molar-refractivity contribution in [3.05, 3.63) is 120 Å². The zero-order valence-electron chi connectivity index (χ0n) is 23.7. The fourth-order valence-electron chi connectivity index (χ4n) is 4.18. The molecule has 0 radical (unpaired) electrons. The topological polar surface area (TPSA) is 0 Å². The molecule has 0 heterocycles. The molecule has 0 amide bonds. The number of rotatable bonds is 6. The van der Waals surface area contributed by atoms with Gasteiger partial charge in [-0.1, -0.05) is 160 Å². The van der Waals surface area contributed by atoms with Crippen LogP contribution in [0.4, 0.5) is 0 Å². The highest BCUT2D eigenvalue weighted by Crippen LogP contribution is 2.56. The Bertz CT molecular complexity index is 873. The second-order valence-electron chi connectivity index (χ2n) is 6.46. The van der Waals surface area contributed by atoms with Gasteiger partial charge in [0.05, 0.1) is 5.41 Å². The molecule has 0 saturated carbocycles. The van der Waals surface area contributed by atoms with Crippen LogP contribution in [0.5, 0.6) is 0 Å². The van der Waals surface area contributed by atoms with Gasteiger partial charge < -0.3 is 0 Å². The van der Waals surface area contributed by atoms with Crippen LogP contribution in [0.25, 0.3) is 11.1 Å². The number of fused-ring (bicyclic) bond motifs is 3. The first-order valence-electron chi connectivity index (χ1n) is 13.2. The lowest BCUT2D eigenvalue weighted by Gasteiger charge is -2.35. The van der Waals surface area contributed by atoms with Gasteiger partial charge in [0.1, 0.15) is 0 Å². The summed E-state index contributed by atoms with van der Waals surface area (Å²) < 4.78 is 0. The van der Waals surface area contributed by atoms with Gasteiger partial charge in [-0.3, -0.25) is 0 Å². The quantitative estimate of drug-likeness (QED) is 0.377. The Morgan fingerprint density at radius 1 is 0.706 bits per heavy atom. The van der Waals surface area contributed by atoms with Gasteiger partial charge in [0.15, 0.2) is 0 Å². The lowest BCUT2D eigenvalue weighted by atomic mass is 9.66. The number of hydrogen-bond acceptors (Lipinski definition) is 0. The van der Waals surface area contributed by atoms with E-state index in [1.54, 1.807) is 0 Å². The molecular formula is C34H50. The fraction of sp³-hybridized carbons (Fsp3) is 0.353. The standard InChI is InChI=1S/C26H26.4C2H6/c1-5-9-15-21(8-4)26(20(7-3)14-6-2)24-18-12-10-16-22(24)23-17-11-13-19-25(23)26;4*1-2/h5,7-19H,3-4,6H2,1-2H3;4*1-2H3/b9-5-,20-14+,21-15+;;;;. The monoisotopic (exact) mass is 458 g/mol. The molecule has 1 aliphatic rings. The van der Waals surface area contributed by atoms with Crippen molar-refractivity contribution in [1.29, 1.82) is 0 Å². The van der Waals surface area contributed by atoms with E-state index in [4.69, 9.17) is 0 Å². The Labute approximate surface area is 212 Å². The highest BCUT2D eigenvalue weighted by atomic mass is 14.5. The van der Waals surface area contributed by atoms with Crippen molar-refractivity contribution in [2.75, 3.05) is 0 Å². The molecule has 0 unspecified atom stereocenters. The molecular weight excluding hydrogens is 408 g/mol. The van der Waals surface area contributed by atoms with Crippen LogP contribution in [0.3, 0.4) is 0 Å². The van der Waals surface area contributed by atoms with E-state index >= 15 is 0 Å². The minimum absolute atomic E-state index is 0.369. The first kappa shape index (κ1) is 33.3. The van der Waals surface area contributed by atoms with Crippen LogP contribution < -0.4 is 0 Å². The third-order valence-electron chi connectivity index (χ3n) is 5.15. The van der Waals surface area contributed by atoms with Crippen molar-refractivity contribution >= 4 is 0 Å². The molecule has 2 aromatic rings. The second kappa shape index (κ2) is 19.6. The largest absolute Gasteiger partial charge is 0.0987 e. The molecule has 0 fully saturated rings. The van der Waals surface area contributed by atoms with E-state index in [0.717, 1.165) is 6.42 Å². The summed E-state index contributed by atoms with van der Waals surface area (Å²) in [7, 11) is 0. The molecule has 1 aliphatic carbocycles. The molecule has 0 nitrogen and oxygen atoms in total. The van der Waals surface area contributed by atoms with Crippen molar-refractivity contribution in [1.82, 2.24) is 0 Å². The highest BCUT2D eigenvalue weighted by Gasteiger charge is 2.46. The summed E-state index contributed by atoms with van der Waals surface area (Å²) in [6.07, 6.45) is 13.6. The molecule has 0 saturated heterocycles. The Morgan fingerprint density at radius 3 is 1.47 bits per heavy atom. The van der Waals surface area contributed by atoms with Crippen LogP contribution in [0.1, 0.15) is 86.8 Å². The number of hydrogen-bond donors (Lipinski definition) is 0. The molecule has 0 N–H and O–H groups in total. The average molecular weight is 459 g/mol. The van der Waals surface area contributed by atoms with Crippen molar-refractivity contribution in [3.63, 3.8) is 0 Å². The van der Waals surface area contributed by atoms with Gasteiger partial charge in [0.25, 0.3) is 0 Å². The molecule has 0 heteroatoms. The molecule has 0 aliphatic heterocycles. The van der Waals surface area contributed by atoms with Crippen molar-refractivity contribution in [2.24, 2.45) is 0 Å². The first-order valence-corrected chi connectivity index (χ1v) is 13.2. The van der Waals surface area contributed by atoms with E-state index in [0.29, 0.717) is 0 Å². The Hall–Kier alpha value is -2.86. The van der Waals surface area contributed by atoms with Crippen LogP contribution in [-0.4, -0.2) is 0 Å². The minimum atomic E-state index is -0.369. The van der Waals surface area contributed by atoms with E-state index in [2.05, 4.69) is 92.9 Å².